The quantitative estimate of drug-likeness (QED) is 0.189. The maximum Gasteiger partial charge on any atom is 0.325 e. The summed E-state index contributed by atoms with van der Waals surface area (Å²) in [6.07, 6.45) is 2.01. The van der Waals surface area contributed by atoms with Crippen molar-refractivity contribution in [1.29, 1.82) is 0 Å². The van der Waals surface area contributed by atoms with Crippen molar-refractivity contribution in [2.24, 2.45) is 11.5 Å². The van der Waals surface area contributed by atoms with E-state index in [9.17, 15) is 24.0 Å². The molecule has 30 heavy (non-hydrogen) atoms. The average molecular weight is 429 g/mol. The van der Waals surface area contributed by atoms with Crippen LogP contribution < -0.4 is 22.1 Å². The summed E-state index contributed by atoms with van der Waals surface area (Å²) in [5.41, 5.74) is 11.4. The minimum atomic E-state index is -1.48. The molecule has 3 amide bonds. The molecule has 12 nitrogen and oxygen atoms in total. The van der Waals surface area contributed by atoms with Crippen molar-refractivity contribution in [2.75, 3.05) is 13.1 Å². The standard InChI is InChI=1S/C18H31N5O7/c1-10(18(29)30)21-15(26)12(9-14(24)25)22-16(27)13-6-4-8-23(13)17(28)11(20)5-2-3-7-19/h10-13H,2-9,19-20H2,1H3,(H,21,26)(H,22,27)(H,24,25)(H,29,30). The van der Waals surface area contributed by atoms with E-state index in [1.165, 1.54) is 11.8 Å². The molecule has 12 heteroatoms. The van der Waals surface area contributed by atoms with Crippen LogP contribution in [-0.4, -0.2) is 82.0 Å². The molecule has 1 aliphatic heterocycles. The van der Waals surface area contributed by atoms with E-state index in [2.05, 4.69) is 10.6 Å². The molecular weight excluding hydrogens is 398 g/mol. The van der Waals surface area contributed by atoms with Crippen LogP contribution in [0.4, 0.5) is 0 Å². The molecule has 0 aromatic heterocycles. The van der Waals surface area contributed by atoms with Crippen molar-refractivity contribution in [3.05, 3.63) is 0 Å². The van der Waals surface area contributed by atoms with Gasteiger partial charge in [0.2, 0.25) is 17.7 Å². The van der Waals surface area contributed by atoms with Crippen LogP contribution in [0.15, 0.2) is 0 Å². The van der Waals surface area contributed by atoms with Gasteiger partial charge in [-0.2, -0.15) is 0 Å². The minimum Gasteiger partial charge on any atom is -0.481 e. The molecule has 0 aromatic rings. The number of aliphatic carboxylic acids is 2. The predicted molar refractivity (Wildman–Crippen MR) is 105 cm³/mol. The van der Waals surface area contributed by atoms with Crippen molar-refractivity contribution < 1.29 is 34.2 Å². The number of nitrogens with one attached hydrogen (secondary N) is 2. The summed E-state index contributed by atoms with van der Waals surface area (Å²) in [4.78, 5) is 60.9. The number of carboxylic acid groups (broad SMARTS) is 2. The molecule has 0 aromatic carbocycles. The van der Waals surface area contributed by atoms with Crippen molar-refractivity contribution in [3.8, 4) is 0 Å². The van der Waals surface area contributed by atoms with E-state index in [1.807, 2.05) is 0 Å². The van der Waals surface area contributed by atoms with Gasteiger partial charge in [-0.1, -0.05) is 6.42 Å². The maximum atomic E-state index is 12.7. The van der Waals surface area contributed by atoms with Crippen LogP contribution in [0.1, 0.15) is 45.4 Å². The first-order chi connectivity index (χ1) is 14.1. The average Bonchev–Trinajstić information content (AvgIpc) is 3.16. The van der Waals surface area contributed by atoms with E-state index < -0.39 is 54.3 Å². The van der Waals surface area contributed by atoms with Gasteiger partial charge in [0.05, 0.1) is 12.5 Å². The highest BCUT2D eigenvalue weighted by atomic mass is 16.4. The minimum absolute atomic E-state index is 0.327. The summed E-state index contributed by atoms with van der Waals surface area (Å²) in [6, 6.07) is -4.40. The summed E-state index contributed by atoms with van der Waals surface area (Å²) >= 11 is 0. The summed E-state index contributed by atoms with van der Waals surface area (Å²) < 4.78 is 0. The van der Waals surface area contributed by atoms with Crippen LogP contribution in [0.5, 0.6) is 0 Å². The number of nitrogens with zero attached hydrogens (tertiary/aromatic N) is 1. The number of hydrogen-bond acceptors (Lipinski definition) is 7. The van der Waals surface area contributed by atoms with Crippen molar-refractivity contribution in [3.63, 3.8) is 0 Å². The molecule has 4 unspecified atom stereocenters. The van der Waals surface area contributed by atoms with Gasteiger partial charge in [-0.3, -0.25) is 24.0 Å². The zero-order chi connectivity index (χ0) is 22.8. The molecule has 0 radical (unpaired) electrons. The zero-order valence-electron chi connectivity index (χ0n) is 17.0. The molecule has 1 rings (SSSR count). The van der Waals surface area contributed by atoms with E-state index in [0.717, 1.165) is 6.42 Å². The lowest BCUT2D eigenvalue weighted by atomic mass is 10.1. The SMILES string of the molecule is CC(NC(=O)C(CC(=O)O)NC(=O)C1CCCN1C(=O)C(N)CCCCN)C(=O)O. The second kappa shape index (κ2) is 12.1. The third kappa shape index (κ3) is 7.59. The van der Waals surface area contributed by atoms with Gasteiger partial charge in [0.1, 0.15) is 18.1 Å². The molecule has 8 N–H and O–H groups in total. The maximum absolute atomic E-state index is 12.7. The Kier molecular flexibility index (Phi) is 10.2. The fourth-order valence-electron chi connectivity index (χ4n) is 3.18. The van der Waals surface area contributed by atoms with Gasteiger partial charge in [0.15, 0.2) is 0 Å². The Labute approximate surface area is 174 Å². The number of likely N-dealkylation sites (tertiary alicyclic amines) is 1. The largest absolute Gasteiger partial charge is 0.481 e. The van der Waals surface area contributed by atoms with Crippen LogP contribution >= 0.6 is 0 Å². The smallest absolute Gasteiger partial charge is 0.325 e. The van der Waals surface area contributed by atoms with E-state index in [4.69, 9.17) is 21.7 Å². The van der Waals surface area contributed by atoms with Crippen LogP contribution in [0.3, 0.4) is 0 Å². The number of amides is 3. The monoisotopic (exact) mass is 429 g/mol. The number of carboxylic acids is 2. The lowest BCUT2D eigenvalue weighted by Gasteiger charge is -2.28. The van der Waals surface area contributed by atoms with Crippen molar-refractivity contribution in [1.82, 2.24) is 15.5 Å². The van der Waals surface area contributed by atoms with Gasteiger partial charge >= 0.3 is 11.9 Å². The number of hydrogen-bond donors (Lipinski definition) is 6. The summed E-state index contributed by atoms with van der Waals surface area (Å²) in [7, 11) is 0. The third-order valence-electron chi connectivity index (χ3n) is 4.87. The molecular formula is C18H31N5O7. The molecule has 1 saturated heterocycles. The van der Waals surface area contributed by atoms with E-state index >= 15 is 0 Å². The Morgan fingerprint density at radius 2 is 1.80 bits per heavy atom. The highest BCUT2D eigenvalue weighted by Gasteiger charge is 2.38. The molecule has 0 spiro atoms. The number of carbonyl (C=O) groups is 5. The lowest BCUT2D eigenvalue weighted by Crippen LogP contribution is -2.56. The summed E-state index contributed by atoms with van der Waals surface area (Å²) in [5, 5.41) is 22.4. The number of rotatable bonds is 12. The second-order valence-corrected chi connectivity index (χ2v) is 7.31. The number of carbonyl (C=O) groups excluding carboxylic acids is 3. The Bertz CT molecular complexity index is 657. The topological polar surface area (TPSA) is 205 Å². The molecule has 170 valence electrons. The second-order valence-electron chi connectivity index (χ2n) is 7.31. The van der Waals surface area contributed by atoms with Crippen LogP contribution in [-0.2, 0) is 24.0 Å². The fraction of sp³-hybridized carbons (Fsp3) is 0.722. The zero-order valence-corrected chi connectivity index (χ0v) is 17.0. The molecule has 0 bridgehead atoms. The Hall–Kier alpha value is -2.73. The van der Waals surface area contributed by atoms with Crippen LogP contribution in [0.25, 0.3) is 0 Å². The number of unbranched alkanes of at least 4 members (excludes halogenated alkanes) is 1. The van der Waals surface area contributed by atoms with Gasteiger partial charge in [-0.15, -0.1) is 0 Å². The Morgan fingerprint density at radius 3 is 2.37 bits per heavy atom. The summed E-state index contributed by atoms with van der Waals surface area (Å²) in [6.45, 7) is 2.03. The van der Waals surface area contributed by atoms with Crippen molar-refractivity contribution in [2.45, 2.75) is 69.6 Å². The molecule has 0 aliphatic carbocycles. The molecule has 0 saturated carbocycles. The van der Waals surface area contributed by atoms with E-state index in [0.29, 0.717) is 38.8 Å². The Balaban J connectivity index is 2.81. The van der Waals surface area contributed by atoms with Gasteiger partial charge in [0, 0.05) is 6.54 Å². The first kappa shape index (κ1) is 25.3. The van der Waals surface area contributed by atoms with Gasteiger partial charge < -0.3 is 37.2 Å². The van der Waals surface area contributed by atoms with Gasteiger partial charge in [-0.25, -0.2) is 0 Å². The lowest BCUT2D eigenvalue weighted by molar-refractivity contribution is -0.144. The Morgan fingerprint density at radius 1 is 1.13 bits per heavy atom. The number of nitrogens with two attached hydrogens (primary N) is 2. The summed E-state index contributed by atoms with van der Waals surface area (Å²) in [5.74, 6) is -4.66. The highest BCUT2D eigenvalue weighted by molar-refractivity contribution is 5.95. The van der Waals surface area contributed by atoms with Gasteiger partial charge in [-0.05, 0) is 39.2 Å². The van der Waals surface area contributed by atoms with Gasteiger partial charge in [0.25, 0.3) is 0 Å². The first-order valence-corrected chi connectivity index (χ1v) is 9.90. The highest BCUT2D eigenvalue weighted by Crippen LogP contribution is 2.19. The van der Waals surface area contributed by atoms with Crippen molar-refractivity contribution >= 4 is 29.7 Å². The first-order valence-electron chi connectivity index (χ1n) is 9.90. The van der Waals surface area contributed by atoms with E-state index in [1.54, 1.807) is 0 Å². The molecule has 1 aliphatic rings. The fourth-order valence-corrected chi connectivity index (χ4v) is 3.18. The molecule has 1 heterocycles. The third-order valence-corrected chi connectivity index (χ3v) is 4.87. The molecule has 4 atom stereocenters. The predicted octanol–water partition coefficient (Wildman–Crippen LogP) is -2.02. The van der Waals surface area contributed by atoms with E-state index in [-0.39, 0.29) is 5.91 Å². The van der Waals surface area contributed by atoms with Crippen LogP contribution in [0, 0.1) is 0 Å². The van der Waals surface area contributed by atoms with Crippen LogP contribution in [0.2, 0.25) is 0 Å². The normalized spacial score (nSPS) is 18.9. The molecule has 1 fully saturated rings.